The molecule has 2 aliphatic heterocycles. The summed E-state index contributed by atoms with van der Waals surface area (Å²) in [6.45, 7) is 6.83. The highest BCUT2D eigenvalue weighted by Crippen LogP contribution is 2.39. The molecule has 104 valence electrons. The number of hydrogen-bond donors (Lipinski definition) is 0. The summed E-state index contributed by atoms with van der Waals surface area (Å²) in [6, 6.07) is 10.9. The van der Waals surface area contributed by atoms with E-state index in [0.29, 0.717) is 0 Å². The van der Waals surface area contributed by atoms with Crippen LogP contribution < -0.4 is 0 Å². The standard InChI is InChI=1S/C17H25NO/c1-2-18-10-8-17(9-11-18)13-16(14-19-17)12-15-6-4-3-5-7-15/h3-7,16H,2,8-14H2,1H3. The molecule has 2 nitrogen and oxygen atoms in total. The summed E-state index contributed by atoms with van der Waals surface area (Å²) in [5, 5.41) is 0. The average molecular weight is 259 g/mol. The molecule has 3 rings (SSSR count). The normalized spacial score (nSPS) is 26.9. The second-order valence-corrected chi connectivity index (χ2v) is 6.19. The molecule has 2 heteroatoms. The molecule has 19 heavy (non-hydrogen) atoms. The fourth-order valence-electron chi connectivity index (χ4n) is 3.64. The van der Waals surface area contributed by atoms with Gasteiger partial charge in [0.25, 0.3) is 0 Å². The van der Waals surface area contributed by atoms with E-state index in [1.54, 1.807) is 0 Å². The Labute approximate surface area is 116 Å². The Hall–Kier alpha value is -0.860. The van der Waals surface area contributed by atoms with E-state index in [9.17, 15) is 0 Å². The van der Waals surface area contributed by atoms with Gasteiger partial charge in [-0.25, -0.2) is 0 Å². The van der Waals surface area contributed by atoms with Gasteiger partial charge >= 0.3 is 0 Å². The van der Waals surface area contributed by atoms with E-state index < -0.39 is 0 Å². The van der Waals surface area contributed by atoms with E-state index in [4.69, 9.17) is 4.74 Å². The van der Waals surface area contributed by atoms with Gasteiger partial charge in [-0.1, -0.05) is 37.3 Å². The summed E-state index contributed by atoms with van der Waals surface area (Å²) in [6.07, 6.45) is 4.90. The van der Waals surface area contributed by atoms with Crippen LogP contribution >= 0.6 is 0 Å². The van der Waals surface area contributed by atoms with E-state index in [1.165, 1.54) is 50.9 Å². The molecule has 0 bridgehead atoms. The first-order valence-corrected chi connectivity index (χ1v) is 7.70. The van der Waals surface area contributed by atoms with Crippen LogP contribution in [0.3, 0.4) is 0 Å². The van der Waals surface area contributed by atoms with Gasteiger partial charge in [0.2, 0.25) is 0 Å². The van der Waals surface area contributed by atoms with Crippen molar-refractivity contribution in [1.82, 2.24) is 4.90 Å². The zero-order valence-electron chi connectivity index (χ0n) is 12.0. The lowest BCUT2D eigenvalue weighted by molar-refractivity contribution is -0.0427. The summed E-state index contributed by atoms with van der Waals surface area (Å²) in [5.74, 6) is 0.718. The Balaban J connectivity index is 1.56. The lowest BCUT2D eigenvalue weighted by Crippen LogP contribution is -2.43. The number of benzene rings is 1. The Morgan fingerprint density at radius 3 is 2.63 bits per heavy atom. The molecule has 1 spiro atoms. The topological polar surface area (TPSA) is 12.5 Å². The van der Waals surface area contributed by atoms with Gasteiger partial charge in [-0.3, -0.25) is 0 Å². The van der Waals surface area contributed by atoms with Crippen LogP contribution in [0.2, 0.25) is 0 Å². The molecule has 0 aliphatic carbocycles. The highest BCUT2D eigenvalue weighted by atomic mass is 16.5. The number of likely N-dealkylation sites (tertiary alicyclic amines) is 1. The van der Waals surface area contributed by atoms with Crippen molar-refractivity contribution in [2.75, 3.05) is 26.2 Å². The summed E-state index contributed by atoms with van der Waals surface area (Å²) in [5.41, 5.74) is 1.67. The highest BCUT2D eigenvalue weighted by Gasteiger charge is 2.42. The van der Waals surface area contributed by atoms with Crippen molar-refractivity contribution in [2.24, 2.45) is 5.92 Å². The van der Waals surface area contributed by atoms with Gasteiger partial charge in [-0.2, -0.15) is 0 Å². The van der Waals surface area contributed by atoms with Crippen molar-refractivity contribution < 1.29 is 4.74 Å². The maximum absolute atomic E-state index is 6.23. The molecule has 1 unspecified atom stereocenters. The maximum atomic E-state index is 6.23. The zero-order valence-corrected chi connectivity index (χ0v) is 12.0. The summed E-state index contributed by atoms with van der Waals surface area (Å²) in [4.78, 5) is 2.54. The summed E-state index contributed by atoms with van der Waals surface area (Å²) < 4.78 is 6.23. The van der Waals surface area contributed by atoms with Crippen LogP contribution in [-0.2, 0) is 11.2 Å². The zero-order chi connectivity index (χ0) is 13.1. The van der Waals surface area contributed by atoms with Crippen LogP contribution in [0.25, 0.3) is 0 Å². The first-order chi connectivity index (χ1) is 9.30. The van der Waals surface area contributed by atoms with Gasteiger partial charge in [0.1, 0.15) is 0 Å². The molecule has 1 atom stereocenters. The predicted octanol–water partition coefficient (Wildman–Crippen LogP) is 3.12. The number of piperidine rings is 1. The molecule has 2 heterocycles. The minimum Gasteiger partial charge on any atom is -0.375 e. The summed E-state index contributed by atoms with van der Waals surface area (Å²) >= 11 is 0. The average Bonchev–Trinajstić information content (AvgIpc) is 2.84. The van der Waals surface area contributed by atoms with E-state index >= 15 is 0 Å². The number of rotatable bonds is 3. The van der Waals surface area contributed by atoms with Gasteiger partial charge in [0.15, 0.2) is 0 Å². The van der Waals surface area contributed by atoms with E-state index in [-0.39, 0.29) is 5.60 Å². The van der Waals surface area contributed by atoms with E-state index in [1.807, 2.05) is 0 Å². The molecule has 0 saturated carbocycles. The van der Waals surface area contributed by atoms with Crippen molar-refractivity contribution >= 4 is 0 Å². The van der Waals surface area contributed by atoms with Crippen molar-refractivity contribution in [3.05, 3.63) is 35.9 Å². The molecule has 0 N–H and O–H groups in total. The van der Waals surface area contributed by atoms with Gasteiger partial charge in [0.05, 0.1) is 12.2 Å². The van der Waals surface area contributed by atoms with Gasteiger partial charge in [-0.15, -0.1) is 0 Å². The number of hydrogen-bond acceptors (Lipinski definition) is 2. The van der Waals surface area contributed by atoms with Crippen molar-refractivity contribution in [2.45, 2.75) is 38.2 Å². The summed E-state index contributed by atoms with van der Waals surface area (Å²) in [7, 11) is 0. The quantitative estimate of drug-likeness (QED) is 0.827. The number of ether oxygens (including phenoxy) is 1. The second kappa shape index (κ2) is 5.64. The lowest BCUT2D eigenvalue weighted by Gasteiger charge is -2.38. The molecular weight excluding hydrogens is 234 g/mol. The Morgan fingerprint density at radius 1 is 1.21 bits per heavy atom. The van der Waals surface area contributed by atoms with Crippen LogP contribution in [0.4, 0.5) is 0 Å². The molecule has 2 fully saturated rings. The Bertz CT molecular complexity index is 395. The fraction of sp³-hybridized carbons (Fsp3) is 0.647. The Morgan fingerprint density at radius 2 is 1.95 bits per heavy atom. The Kier molecular flexibility index (Phi) is 3.90. The van der Waals surface area contributed by atoms with Gasteiger partial charge in [-0.05, 0) is 43.7 Å². The molecular formula is C17H25NO. The molecule has 0 aromatic heterocycles. The molecule has 1 aromatic rings. The van der Waals surface area contributed by atoms with Crippen molar-refractivity contribution in [3.8, 4) is 0 Å². The molecule has 1 aromatic carbocycles. The minimum atomic E-state index is 0.213. The van der Waals surface area contributed by atoms with Crippen LogP contribution in [0.15, 0.2) is 30.3 Å². The van der Waals surface area contributed by atoms with Crippen LogP contribution in [-0.4, -0.2) is 36.7 Å². The molecule has 2 aliphatic rings. The predicted molar refractivity (Wildman–Crippen MR) is 78.3 cm³/mol. The van der Waals surface area contributed by atoms with E-state index in [0.717, 1.165) is 12.5 Å². The van der Waals surface area contributed by atoms with Crippen molar-refractivity contribution in [1.29, 1.82) is 0 Å². The monoisotopic (exact) mass is 259 g/mol. The third-order valence-electron chi connectivity index (χ3n) is 4.87. The van der Waals surface area contributed by atoms with Gasteiger partial charge < -0.3 is 9.64 Å². The maximum Gasteiger partial charge on any atom is 0.0710 e. The molecule has 0 amide bonds. The smallest absolute Gasteiger partial charge is 0.0710 e. The third-order valence-corrected chi connectivity index (χ3v) is 4.87. The highest BCUT2D eigenvalue weighted by molar-refractivity contribution is 5.15. The molecule has 2 saturated heterocycles. The van der Waals surface area contributed by atoms with Gasteiger partial charge in [0, 0.05) is 13.1 Å². The fourth-order valence-corrected chi connectivity index (χ4v) is 3.64. The first-order valence-electron chi connectivity index (χ1n) is 7.70. The third kappa shape index (κ3) is 3.01. The first kappa shape index (κ1) is 13.1. The van der Waals surface area contributed by atoms with Crippen LogP contribution in [0.5, 0.6) is 0 Å². The molecule has 0 radical (unpaired) electrons. The number of nitrogens with zero attached hydrogens (tertiary/aromatic N) is 1. The largest absolute Gasteiger partial charge is 0.375 e. The van der Waals surface area contributed by atoms with E-state index in [2.05, 4.69) is 42.2 Å². The lowest BCUT2D eigenvalue weighted by atomic mass is 9.83. The van der Waals surface area contributed by atoms with Crippen LogP contribution in [0, 0.1) is 5.92 Å². The van der Waals surface area contributed by atoms with Crippen LogP contribution in [0.1, 0.15) is 31.7 Å². The second-order valence-electron chi connectivity index (χ2n) is 6.19. The minimum absolute atomic E-state index is 0.213. The SMILES string of the molecule is CCN1CCC2(CC1)CC(Cc1ccccc1)CO2. The van der Waals surface area contributed by atoms with Crippen molar-refractivity contribution in [3.63, 3.8) is 0 Å².